The summed E-state index contributed by atoms with van der Waals surface area (Å²) >= 11 is 2.24. The van der Waals surface area contributed by atoms with Gasteiger partial charge in [-0.05, 0) is 47.2 Å². The number of aromatic nitrogens is 2. The molecule has 0 N–H and O–H groups in total. The molecule has 56 valence electrons. The molecule has 2 nitrogen and oxygen atoms in total. The fourth-order valence-corrected chi connectivity index (χ4v) is 1.62. The van der Waals surface area contributed by atoms with Crippen LogP contribution in [0.4, 0.5) is 0 Å². The van der Waals surface area contributed by atoms with Crippen molar-refractivity contribution < 1.29 is 0 Å². The standard InChI is InChI=1S/C8H7IN2/c1-6-2-3-11-5-10-8(9)7(11)4-6/h2-5H,1H3. The minimum Gasteiger partial charge on any atom is -0.305 e. The molecule has 0 radical (unpaired) electrons. The van der Waals surface area contributed by atoms with Gasteiger partial charge < -0.3 is 4.40 Å². The second-order valence-corrected chi connectivity index (χ2v) is 3.55. The summed E-state index contributed by atoms with van der Waals surface area (Å²) in [6.45, 7) is 2.09. The summed E-state index contributed by atoms with van der Waals surface area (Å²) < 4.78 is 3.08. The van der Waals surface area contributed by atoms with Gasteiger partial charge in [-0.25, -0.2) is 4.98 Å². The van der Waals surface area contributed by atoms with Gasteiger partial charge in [0.2, 0.25) is 0 Å². The van der Waals surface area contributed by atoms with Crippen molar-refractivity contribution in [3.05, 3.63) is 33.9 Å². The Kier molecular flexibility index (Phi) is 1.60. The fraction of sp³-hybridized carbons (Fsp3) is 0.125. The van der Waals surface area contributed by atoms with Gasteiger partial charge >= 0.3 is 0 Å². The van der Waals surface area contributed by atoms with E-state index in [1.54, 1.807) is 0 Å². The Morgan fingerprint density at radius 1 is 1.55 bits per heavy atom. The van der Waals surface area contributed by atoms with Crippen molar-refractivity contribution in [3.8, 4) is 0 Å². The highest BCUT2D eigenvalue weighted by Crippen LogP contribution is 2.12. The third kappa shape index (κ3) is 1.13. The smallest absolute Gasteiger partial charge is 0.127 e. The zero-order chi connectivity index (χ0) is 7.84. The third-order valence-electron chi connectivity index (χ3n) is 1.65. The van der Waals surface area contributed by atoms with E-state index in [-0.39, 0.29) is 0 Å². The van der Waals surface area contributed by atoms with Gasteiger partial charge in [0, 0.05) is 6.20 Å². The number of imidazole rings is 1. The summed E-state index contributed by atoms with van der Waals surface area (Å²) in [6.07, 6.45) is 3.86. The van der Waals surface area contributed by atoms with Gasteiger partial charge in [-0.15, -0.1) is 0 Å². The molecule has 0 aliphatic rings. The van der Waals surface area contributed by atoms with E-state index in [9.17, 15) is 0 Å². The van der Waals surface area contributed by atoms with Crippen molar-refractivity contribution in [2.75, 3.05) is 0 Å². The van der Waals surface area contributed by atoms with Crippen LogP contribution in [0, 0.1) is 10.6 Å². The molecule has 2 aromatic heterocycles. The van der Waals surface area contributed by atoms with Crippen LogP contribution in [0.2, 0.25) is 0 Å². The van der Waals surface area contributed by atoms with Gasteiger partial charge in [-0.2, -0.15) is 0 Å². The van der Waals surface area contributed by atoms with E-state index in [2.05, 4.69) is 46.6 Å². The number of fused-ring (bicyclic) bond motifs is 1. The second-order valence-electron chi connectivity index (χ2n) is 2.53. The Balaban J connectivity index is 2.87. The first-order valence-electron chi connectivity index (χ1n) is 3.36. The van der Waals surface area contributed by atoms with Gasteiger partial charge in [0.25, 0.3) is 0 Å². The van der Waals surface area contributed by atoms with Crippen molar-refractivity contribution in [2.24, 2.45) is 0 Å². The quantitative estimate of drug-likeness (QED) is 0.662. The number of halogens is 1. The third-order valence-corrected chi connectivity index (χ3v) is 2.48. The second kappa shape index (κ2) is 2.48. The lowest BCUT2D eigenvalue weighted by atomic mass is 10.3. The molecule has 0 aromatic carbocycles. The Morgan fingerprint density at radius 2 is 2.36 bits per heavy atom. The molecular weight excluding hydrogens is 251 g/mol. The highest BCUT2D eigenvalue weighted by atomic mass is 127. The molecular formula is C8H7IN2. The molecule has 0 spiro atoms. The van der Waals surface area contributed by atoms with Crippen LogP contribution in [-0.2, 0) is 0 Å². The number of pyridine rings is 1. The molecule has 0 bridgehead atoms. The number of rotatable bonds is 0. The van der Waals surface area contributed by atoms with Crippen molar-refractivity contribution in [3.63, 3.8) is 0 Å². The summed E-state index contributed by atoms with van der Waals surface area (Å²) in [5.41, 5.74) is 2.46. The van der Waals surface area contributed by atoms with Gasteiger partial charge in [-0.3, -0.25) is 0 Å². The van der Waals surface area contributed by atoms with Crippen LogP contribution in [0.5, 0.6) is 0 Å². The molecule has 0 atom stereocenters. The summed E-state index contributed by atoms with van der Waals surface area (Å²) in [6, 6.07) is 4.21. The molecule has 0 amide bonds. The van der Waals surface area contributed by atoms with Crippen LogP contribution in [0.1, 0.15) is 5.56 Å². The van der Waals surface area contributed by atoms with Crippen LogP contribution in [0.3, 0.4) is 0 Å². The average Bonchev–Trinajstić information content (AvgIpc) is 2.33. The monoisotopic (exact) mass is 258 g/mol. The van der Waals surface area contributed by atoms with Crippen molar-refractivity contribution in [1.29, 1.82) is 0 Å². The van der Waals surface area contributed by atoms with Gasteiger partial charge in [0.15, 0.2) is 0 Å². The number of hydrogen-bond donors (Lipinski definition) is 0. The first-order valence-corrected chi connectivity index (χ1v) is 4.44. The molecule has 2 heterocycles. The normalized spacial score (nSPS) is 10.7. The molecule has 2 rings (SSSR count). The Hall–Kier alpha value is -0.580. The van der Waals surface area contributed by atoms with E-state index < -0.39 is 0 Å². The Labute approximate surface area is 78.4 Å². The molecule has 2 aromatic rings. The van der Waals surface area contributed by atoms with Crippen LogP contribution in [-0.4, -0.2) is 9.38 Å². The SMILES string of the molecule is Cc1ccn2cnc(I)c2c1. The molecule has 0 unspecified atom stereocenters. The zero-order valence-corrected chi connectivity index (χ0v) is 8.24. The van der Waals surface area contributed by atoms with E-state index in [1.165, 1.54) is 11.1 Å². The number of nitrogens with zero attached hydrogens (tertiary/aromatic N) is 2. The topological polar surface area (TPSA) is 17.3 Å². The summed E-state index contributed by atoms with van der Waals surface area (Å²) in [4.78, 5) is 4.19. The largest absolute Gasteiger partial charge is 0.305 e. The molecule has 0 aliphatic heterocycles. The maximum Gasteiger partial charge on any atom is 0.127 e. The maximum atomic E-state index is 4.19. The van der Waals surface area contributed by atoms with E-state index in [0.29, 0.717) is 0 Å². The summed E-state index contributed by atoms with van der Waals surface area (Å²) in [5.74, 6) is 0. The molecule has 0 fully saturated rings. The average molecular weight is 258 g/mol. The Morgan fingerprint density at radius 3 is 3.18 bits per heavy atom. The lowest BCUT2D eigenvalue weighted by Crippen LogP contribution is -1.82. The predicted molar refractivity (Wildman–Crippen MR) is 52.6 cm³/mol. The lowest BCUT2D eigenvalue weighted by molar-refractivity contribution is 1.14. The van der Waals surface area contributed by atoms with Gasteiger partial charge in [-0.1, -0.05) is 0 Å². The number of aryl methyl sites for hydroxylation is 1. The van der Waals surface area contributed by atoms with E-state index in [1.807, 2.05) is 16.9 Å². The molecule has 11 heavy (non-hydrogen) atoms. The van der Waals surface area contributed by atoms with E-state index in [4.69, 9.17) is 0 Å². The maximum absolute atomic E-state index is 4.19. The van der Waals surface area contributed by atoms with Gasteiger partial charge in [0.05, 0.1) is 5.52 Å². The minimum absolute atomic E-state index is 1.06. The molecule has 3 heteroatoms. The van der Waals surface area contributed by atoms with E-state index >= 15 is 0 Å². The van der Waals surface area contributed by atoms with Gasteiger partial charge in [0.1, 0.15) is 10.0 Å². The van der Waals surface area contributed by atoms with Crippen LogP contribution >= 0.6 is 22.6 Å². The predicted octanol–water partition coefficient (Wildman–Crippen LogP) is 2.25. The fourth-order valence-electron chi connectivity index (χ4n) is 1.06. The van der Waals surface area contributed by atoms with Crippen LogP contribution in [0.15, 0.2) is 24.7 Å². The summed E-state index contributed by atoms with van der Waals surface area (Å²) in [7, 11) is 0. The Bertz CT molecular complexity index is 392. The first kappa shape index (κ1) is 7.09. The van der Waals surface area contributed by atoms with Crippen molar-refractivity contribution in [1.82, 2.24) is 9.38 Å². The van der Waals surface area contributed by atoms with Crippen LogP contribution < -0.4 is 0 Å². The van der Waals surface area contributed by atoms with E-state index in [0.717, 1.165) is 3.70 Å². The highest BCUT2D eigenvalue weighted by molar-refractivity contribution is 14.1. The minimum atomic E-state index is 1.06. The number of hydrogen-bond acceptors (Lipinski definition) is 1. The van der Waals surface area contributed by atoms with Crippen LogP contribution in [0.25, 0.3) is 5.52 Å². The summed E-state index contributed by atoms with van der Waals surface area (Å²) in [5, 5.41) is 0. The lowest BCUT2D eigenvalue weighted by Gasteiger charge is -1.94. The van der Waals surface area contributed by atoms with Crippen molar-refractivity contribution in [2.45, 2.75) is 6.92 Å². The van der Waals surface area contributed by atoms with Crippen molar-refractivity contribution >= 4 is 28.1 Å². The highest BCUT2D eigenvalue weighted by Gasteiger charge is 1.98. The first-order chi connectivity index (χ1) is 5.27. The zero-order valence-electron chi connectivity index (χ0n) is 6.08. The molecule has 0 saturated carbocycles. The molecule has 0 saturated heterocycles. The molecule has 0 aliphatic carbocycles.